The van der Waals surface area contributed by atoms with Crippen molar-refractivity contribution in [2.75, 3.05) is 6.26 Å². The van der Waals surface area contributed by atoms with E-state index in [0.717, 1.165) is 12.7 Å². The van der Waals surface area contributed by atoms with E-state index in [1.165, 1.54) is 4.31 Å². The van der Waals surface area contributed by atoms with Crippen LogP contribution in [0.2, 0.25) is 0 Å². The molecule has 2 fully saturated rings. The molecule has 2 heterocycles. The Labute approximate surface area is 82.8 Å². The van der Waals surface area contributed by atoms with E-state index in [1.807, 2.05) is 0 Å². The zero-order chi connectivity index (χ0) is 10.5. The average molecular weight is 219 g/mol. The third-order valence-corrected chi connectivity index (χ3v) is 4.51. The maximum Gasteiger partial charge on any atom is 0.308 e. The Bertz CT molecular complexity index is 364. The number of rotatable bonds is 2. The molecule has 0 aromatic rings. The van der Waals surface area contributed by atoms with Crippen molar-refractivity contribution < 1.29 is 18.3 Å². The highest BCUT2D eigenvalue weighted by Crippen LogP contribution is 2.43. The quantitative estimate of drug-likeness (QED) is 0.702. The third kappa shape index (κ3) is 1.33. The zero-order valence-electron chi connectivity index (χ0n) is 7.88. The first-order valence-corrected chi connectivity index (χ1v) is 6.47. The van der Waals surface area contributed by atoms with Crippen molar-refractivity contribution in [1.82, 2.24) is 4.31 Å². The number of hydrogen-bond donors (Lipinski definition) is 1. The van der Waals surface area contributed by atoms with E-state index < -0.39 is 21.9 Å². The summed E-state index contributed by atoms with van der Waals surface area (Å²) in [5.74, 6) is -1.37. The van der Waals surface area contributed by atoms with Gasteiger partial charge in [-0.2, -0.15) is 4.31 Å². The first-order chi connectivity index (χ1) is 6.41. The van der Waals surface area contributed by atoms with Crippen molar-refractivity contribution in [3.05, 3.63) is 0 Å². The molecule has 2 aliphatic rings. The summed E-state index contributed by atoms with van der Waals surface area (Å²) in [6, 6.07) is -0.372. The maximum atomic E-state index is 11.4. The molecule has 0 spiro atoms. The zero-order valence-corrected chi connectivity index (χ0v) is 8.70. The van der Waals surface area contributed by atoms with Crippen molar-refractivity contribution in [2.45, 2.75) is 31.3 Å². The van der Waals surface area contributed by atoms with Crippen LogP contribution in [0.5, 0.6) is 0 Å². The molecular weight excluding hydrogens is 206 g/mol. The number of hydrogen-bond acceptors (Lipinski definition) is 3. The molecule has 1 N–H and O–H groups in total. The van der Waals surface area contributed by atoms with Crippen LogP contribution in [0.25, 0.3) is 0 Å². The molecule has 0 saturated carbocycles. The lowest BCUT2D eigenvalue weighted by Gasteiger charge is -2.19. The Balaban J connectivity index is 2.29. The van der Waals surface area contributed by atoms with Crippen LogP contribution in [0.4, 0.5) is 0 Å². The SMILES string of the molecule is CS(=O)(=O)N1C2CCC1C(C(=O)O)C2. The number of fused-ring (bicyclic) bond motifs is 2. The molecule has 5 nitrogen and oxygen atoms in total. The van der Waals surface area contributed by atoms with Gasteiger partial charge in [-0.25, -0.2) is 8.42 Å². The second-order valence-corrected chi connectivity index (χ2v) is 5.96. The Morgan fingerprint density at radius 2 is 2.07 bits per heavy atom. The fourth-order valence-electron chi connectivity index (χ4n) is 2.72. The topological polar surface area (TPSA) is 74.7 Å². The fraction of sp³-hybridized carbons (Fsp3) is 0.875. The van der Waals surface area contributed by atoms with Gasteiger partial charge in [-0.15, -0.1) is 0 Å². The number of carbonyl (C=O) groups is 1. The molecule has 0 aromatic carbocycles. The standard InChI is InChI=1S/C8H13NO4S/c1-14(12,13)9-5-2-3-7(9)6(4-5)8(10)11/h5-7H,2-4H2,1H3,(H,10,11). The van der Waals surface area contributed by atoms with E-state index in [-0.39, 0.29) is 12.1 Å². The van der Waals surface area contributed by atoms with Gasteiger partial charge in [0.25, 0.3) is 0 Å². The molecule has 3 atom stereocenters. The van der Waals surface area contributed by atoms with Gasteiger partial charge in [0.15, 0.2) is 0 Å². The number of nitrogens with zero attached hydrogens (tertiary/aromatic N) is 1. The number of aliphatic carboxylic acids is 1. The van der Waals surface area contributed by atoms with Gasteiger partial charge in [-0.3, -0.25) is 4.79 Å². The molecule has 0 aliphatic carbocycles. The number of sulfonamides is 1. The summed E-state index contributed by atoms with van der Waals surface area (Å²) in [4.78, 5) is 10.8. The summed E-state index contributed by atoms with van der Waals surface area (Å²) < 4.78 is 24.2. The number of carboxylic acids is 1. The van der Waals surface area contributed by atoms with Crippen LogP contribution in [-0.4, -0.2) is 42.1 Å². The minimum Gasteiger partial charge on any atom is -0.481 e. The highest BCUT2D eigenvalue weighted by Gasteiger charge is 2.52. The highest BCUT2D eigenvalue weighted by molar-refractivity contribution is 7.88. The van der Waals surface area contributed by atoms with Gasteiger partial charge in [0, 0.05) is 12.1 Å². The van der Waals surface area contributed by atoms with Crippen LogP contribution in [-0.2, 0) is 14.8 Å². The van der Waals surface area contributed by atoms with Crippen molar-refractivity contribution in [3.63, 3.8) is 0 Å². The molecule has 2 saturated heterocycles. The van der Waals surface area contributed by atoms with Crippen LogP contribution >= 0.6 is 0 Å². The molecule has 3 unspecified atom stereocenters. The number of carboxylic acid groups (broad SMARTS) is 1. The molecule has 2 aliphatic heterocycles. The van der Waals surface area contributed by atoms with E-state index in [0.29, 0.717) is 12.8 Å². The van der Waals surface area contributed by atoms with Gasteiger partial charge in [0.1, 0.15) is 0 Å². The molecule has 6 heteroatoms. The van der Waals surface area contributed by atoms with Crippen molar-refractivity contribution in [2.24, 2.45) is 5.92 Å². The van der Waals surface area contributed by atoms with Crippen molar-refractivity contribution >= 4 is 16.0 Å². The third-order valence-electron chi connectivity index (χ3n) is 3.17. The smallest absolute Gasteiger partial charge is 0.308 e. The van der Waals surface area contributed by atoms with Crippen LogP contribution in [0.1, 0.15) is 19.3 Å². The van der Waals surface area contributed by atoms with E-state index in [1.54, 1.807) is 0 Å². The summed E-state index contributed by atoms with van der Waals surface area (Å²) in [7, 11) is -3.23. The summed E-state index contributed by atoms with van der Waals surface area (Å²) in [5, 5.41) is 8.90. The first-order valence-electron chi connectivity index (χ1n) is 4.62. The maximum absolute atomic E-state index is 11.4. The van der Waals surface area contributed by atoms with Gasteiger partial charge < -0.3 is 5.11 Å². The lowest BCUT2D eigenvalue weighted by Crippen LogP contribution is -2.37. The molecule has 2 rings (SSSR count). The predicted molar refractivity (Wildman–Crippen MR) is 49.2 cm³/mol. The van der Waals surface area contributed by atoms with E-state index in [4.69, 9.17) is 5.11 Å². The average Bonchev–Trinajstić information content (AvgIpc) is 2.57. The van der Waals surface area contributed by atoms with Crippen molar-refractivity contribution in [3.8, 4) is 0 Å². The van der Waals surface area contributed by atoms with Gasteiger partial charge in [0.2, 0.25) is 10.0 Å². The minimum absolute atomic E-state index is 0.0731. The van der Waals surface area contributed by atoms with E-state index >= 15 is 0 Å². The van der Waals surface area contributed by atoms with E-state index in [9.17, 15) is 13.2 Å². The summed E-state index contributed by atoms with van der Waals surface area (Å²) in [6.07, 6.45) is 3.13. The Morgan fingerprint density at radius 3 is 2.43 bits per heavy atom. The van der Waals surface area contributed by atoms with E-state index in [2.05, 4.69) is 0 Å². The Hall–Kier alpha value is -0.620. The van der Waals surface area contributed by atoms with Gasteiger partial charge in [-0.05, 0) is 19.3 Å². The Kier molecular flexibility index (Phi) is 2.08. The second kappa shape index (κ2) is 2.93. The van der Waals surface area contributed by atoms with Crippen molar-refractivity contribution in [1.29, 1.82) is 0 Å². The molecular formula is C8H13NO4S. The molecule has 80 valence electrons. The van der Waals surface area contributed by atoms with Gasteiger partial charge in [-0.1, -0.05) is 0 Å². The molecule has 0 radical (unpaired) electrons. The normalized spacial score (nSPS) is 37.6. The largest absolute Gasteiger partial charge is 0.481 e. The highest BCUT2D eigenvalue weighted by atomic mass is 32.2. The Morgan fingerprint density at radius 1 is 1.43 bits per heavy atom. The fourth-order valence-corrected chi connectivity index (χ4v) is 4.20. The lowest BCUT2D eigenvalue weighted by molar-refractivity contribution is -0.142. The second-order valence-electron chi connectivity index (χ2n) is 4.07. The summed E-state index contributed by atoms with van der Waals surface area (Å²) >= 11 is 0. The van der Waals surface area contributed by atoms with Crippen LogP contribution < -0.4 is 0 Å². The van der Waals surface area contributed by atoms with Gasteiger partial charge >= 0.3 is 5.97 Å². The minimum atomic E-state index is -3.23. The van der Waals surface area contributed by atoms with Crippen LogP contribution in [0, 0.1) is 5.92 Å². The monoisotopic (exact) mass is 219 g/mol. The molecule has 2 bridgehead atoms. The van der Waals surface area contributed by atoms with Gasteiger partial charge in [0.05, 0.1) is 12.2 Å². The molecule has 0 amide bonds. The molecule has 0 aromatic heterocycles. The summed E-state index contributed by atoms with van der Waals surface area (Å²) in [6.45, 7) is 0. The molecule has 14 heavy (non-hydrogen) atoms. The summed E-state index contributed by atoms with van der Waals surface area (Å²) in [5.41, 5.74) is 0. The predicted octanol–water partition coefficient (Wildman–Crippen LogP) is -0.117. The first kappa shape index (κ1) is 9.92. The van der Waals surface area contributed by atoms with Crippen LogP contribution in [0.15, 0.2) is 0 Å². The lowest BCUT2D eigenvalue weighted by atomic mass is 9.89. The van der Waals surface area contributed by atoms with Crippen LogP contribution in [0.3, 0.4) is 0 Å².